The molecular weight excluding hydrogens is 2530 g/mol. The van der Waals surface area contributed by atoms with Crippen LogP contribution in [0.25, 0.3) is 134 Å². The number of nitrogens with zero attached hydrogens (tertiary/aromatic N) is 8. The van der Waals surface area contributed by atoms with Crippen molar-refractivity contribution in [3.05, 3.63) is 530 Å². The molecule has 0 aliphatic rings. The maximum absolute atomic E-state index is 10.7. The van der Waals surface area contributed by atoms with Crippen LogP contribution in [0.2, 0.25) is 0 Å². The molecule has 0 amide bonds. The zero-order valence-electron chi connectivity index (χ0n) is 95.7. The minimum atomic E-state index is -2.92. The molecule has 20 rings (SSSR count). The summed E-state index contributed by atoms with van der Waals surface area (Å²) < 4.78 is 84.9. The molecular formula is C132H120Ir4N8O4-2. The first-order valence-electron chi connectivity index (χ1n) is 53.0. The molecule has 0 aliphatic heterocycles. The number of carbonyl (C=O) groups excluding carboxylic acids is 2. The number of aliphatic hydroxyl groups excluding tert-OH is 2. The molecule has 20 aromatic rings. The van der Waals surface area contributed by atoms with Crippen LogP contribution in [0, 0.1) is 95.9 Å². The van der Waals surface area contributed by atoms with Crippen molar-refractivity contribution in [3.8, 4) is 112 Å². The maximum atomic E-state index is 10.7. The van der Waals surface area contributed by atoms with Gasteiger partial charge in [-0.2, -0.15) is 0 Å². The van der Waals surface area contributed by atoms with Gasteiger partial charge in [0.05, 0.1) is 22.6 Å². The van der Waals surface area contributed by atoms with Gasteiger partial charge in [-0.15, -0.1) is 285 Å². The number of para-hydroxylation sites is 1. The molecule has 1 unspecified atom stereocenters. The third-order valence-electron chi connectivity index (χ3n) is 21.2. The minimum Gasteiger partial charge on any atom is -0.512 e. The molecule has 148 heavy (non-hydrogen) atoms. The van der Waals surface area contributed by atoms with E-state index >= 15 is 0 Å². The van der Waals surface area contributed by atoms with Crippen molar-refractivity contribution in [2.45, 2.75) is 116 Å². The van der Waals surface area contributed by atoms with Gasteiger partial charge in [0.1, 0.15) is 0 Å². The van der Waals surface area contributed by atoms with Crippen LogP contribution in [-0.2, 0) is 109 Å². The van der Waals surface area contributed by atoms with E-state index in [1.807, 2.05) is 337 Å². The number of hydrogen-bond donors (Lipinski definition) is 2. The summed E-state index contributed by atoms with van der Waals surface area (Å²) in [5.41, 5.74) is 31.3. The van der Waals surface area contributed by atoms with E-state index in [-0.39, 0.29) is 110 Å². The molecule has 0 saturated heterocycles. The third kappa shape index (κ3) is 41.0. The van der Waals surface area contributed by atoms with Gasteiger partial charge in [0.15, 0.2) is 11.6 Å². The molecule has 8 heterocycles. The van der Waals surface area contributed by atoms with E-state index in [4.69, 9.17) is 31.6 Å². The number of carbonyl (C=O) groups is 2. The van der Waals surface area contributed by atoms with Crippen molar-refractivity contribution in [1.29, 1.82) is 0 Å². The first-order valence-corrected chi connectivity index (χ1v) is 47.0. The van der Waals surface area contributed by atoms with Gasteiger partial charge < -0.3 is 40.1 Å². The molecule has 2 N–H and O–H groups in total. The first kappa shape index (κ1) is 102. The van der Waals surface area contributed by atoms with E-state index in [9.17, 15) is 9.59 Å². The molecule has 0 spiro atoms. The Balaban J connectivity index is 0.000000242. The van der Waals surface area contributed by atoms with E-state index in [2.05, 4.69) is 183 Å². The molecule has 0 bridgehead atoms. The minimum absolute atomic E-state index is 0. The number of allylic oxidation sites excluding steroid dienone is 4. The van der Waals surface area contributed by atoms with Crippen LogP contribution >= 0.6 is 0 Å². The van der Waals surface area contributed by atoms with Crippen molar-refractivity contribution in [3.63, 3.8) is 0 Å². The Kier molecular flexibility index (Phi) is 44.8. The molecule has 8 aromatic heterocycles. The van der Waals surface area contributed by atoms with Crippen LogP contribution in [0.1, 0.15) is 122 Å². The summed E-state index contributed by atoms with van der Waals surface area (Å²) in [5.74, 6) is -3.05. The fourth-order valence-electron chi connectivity index (χ4n) is 14.7. The summed E-state index contributed by atoms with van der Waals surface area (Å²) in [6, 6.07) is 151. The van der Waals surface area contributed by atoms with Gasteiger partial charge in [-0.3, -0.25) is 19.6 Å². The van der Waals surface area contributed by atoms with Crippen LogP contribution < -0.4 is 0 Å². The zero-order chi connectivity index (χ0) is 112. The number of rotatable bonds is 16. The normalized spacial score (nSPS) is 11.9. The Bertz CT molecular complexity index is 7570. The van der Waals surface area contributed by atoms with E-state index in [1.165, 1.54) is 58.9 Å². The summed E-state index contributed by atoms with van der Waals surface area (Å²) in [4.78, 5) is 56.5. The quantitative estimate of drug-likeness (QED) is 0.0532. The Hall–Kier alpha value is -14.6. The first-order chi connectivity index (χ1) is 74.7. The Morgan fingerprint density at radius 1 is 0.345 bits per heavy atom. The smallest absolute Gasteiger partial charge is 0.512 e. The largest absolute Gasteiger partial charge is 3.00 e. The van der Waals surface area contributed by atoms with Crippen LogP contribution in [0.5, 0.6) is 0 Å². The predicted molar refractivity (Wildman–Crippen MR) is 594 cm³/mol. The summed E-state index contributed by atoms with van der Waals surface area (Å²) in [7, 11) is 0. The molecule has 0 saturated carbocycles. The standard InChI is InChI=1S/C21H22N.2C19H16N.C17H14N.2C12H10N.2C11H8N.2C5H8O2.4Ir/c1-14(2)9-17-5-6-18-7-8-20(22-21(18)13-17)19-11-15(3)10-16(4)12-19;2*1-2-15-13-19(17-11-7-4-8-12-17)20-14-18(15)16-9-5-3-6-10-16;1-12-9-13(2)11-15(10-12)17-8-7-14-5-3-4-6-16(14)18-17;2*1-10-6-5-9-12(13-10)11-7-3-2-4-8-11;2*1-2-6-10(7-3-1)11-8-4-5-9-12-11;2*1-4(6)3-5(2)7;;;;/h5-8,10-11,13-14H,9H2,1-4H3;2*3-11,13-14H,2H2,1H3;3-10H,1-2H3;2*2-7,9H,1H3;2*1-6,8-9H;2*3,6H,1-2H3;;;;/q8*-1;;;;;2*+3/i1D3;;;2D3;;;;;1D3,2D3;;;;;. The monoisotopic (exact) mass is 2660 g/mol. The molecule has 1 atom stereocenters. The van der Waals surface area contributed by atoms with Gasteiger partial charge in [-0.05, 0) is 187 Å². The average molecular weight is 2660 g/mol. The topological polar surface area (TPSA) is 178 Å². The number of benzene rings is 12. The summed E-state index contributed by atoms with van der Waals surface area (Å²) in [5, 5.41) is 19.2. The van der Waals surface area contributed by atoms with Gasteiger partial charge in [0.2, 0.25) is 0 Å². The number of ketones is 2. The van der Waals surface area contributed by atoms with Crippen molar-refractivity contribution in [1.82, 2.24) is 39.9 Å². The number of hydrogen-bond acceptors (Lipinski definition) is 12. The number of aliphatic hydroxyl groups is 2. The van der Waals surface area contributed by atoms with Crippen molar-refractivity contribution in [2.24, 2.45) is 5.92 Å². The fourth-order valence-corrected chi connectivity index (χ4v) is 14.7. The number of fused-ring (bicyclic) bond motifs is 2. The number of pyridine rings is 8. The van der Waals surface area contributed by atoms with Gasteiger partial charge >= 0.3 is 40.2 Å². The van der Waals surface area contributed by atoms with Gasteiger partial charge in [0, 0.05) is 116 Å². The number of aromatic nitrogens is 8. The van der Waals surface area contributed by atoms with E-state index in [0.717, 1.165) is 147 Å². The molecule has 0 aliphatic carbocycles. The van der Waals surface area contributed by atoms with Gasteiger partial charge in [-0.1, -0.05) is 231 Å². The average Bonchev–Trinajstić information content (AvgIpc) is 0.838. The molecule has 12 aromatic carbocycles. The molecule has 12 nitrogen and oxygen atoms in total. The maximum Gasteiger partial charge on any atom is 3.00 e. The van der Waals surface area contributed by atoms with Crippen molar-refractivity contribution >= 4 is 33.4 Å². The molecule has 0 fully saturated rings. The van der Waals surface area contributed by atoms with Crippen LogP contribution in [0.4, 0.5) is 0 Å². The molecule has 2 radical (unpaired) electrons. The van der Waals surface area contributed by atoms with E-state index in [1.54, 1.807) is 25.4 Å². The number of aryl methyl sites for hydroxylation is 8. The van der Waals surface area contributed by atoms with Gasteiger partial charge in [0.25, 0.3) is 0 Å². The SMILES string of the molecule is CC(=O)C=C(C)O.CCc1cc(-c2[c-]cccc2)ncc1-c1ccccc1.CCc1cc(-c2[c-]cccc2)ncc1-c1ccccc1.Cc1cccc(-c2[c-]cccc2)n1.Cc1cccc(-c2[c-]cccc2)n1.[2H]C([2H])([2H])C(=O)C=C(O)C([2H])([2H])[2H].[2H]C([2H])([2H])C(C)Cc1ccc2ccc(-c3[c-]c(C)cc(C)c3)nc2c1.[2H]C([2H])([2H])c1[c-]c(-c2ccc3ccccc3n2)cc(C)c1.[Ir+3].[Ir+3].[Ir].[Ir].[c-]1ccccc1-c1ccccn1.[c-]1ccccc1-c1ccccn1. The second-order valence-corrected chi connectivity index (χ2v) is 33.1. The van der Waals surface area contributed by atoms with Crippen LogP contribution in [0.3, 0.4) is 0 Å². The van der Waals surface area contributed by atoms with Gasteiger partial charge in [-0.25, -0.2) is 0 Å². The van der Waals surface area contributed by atoms with Crippen LogP contribution in [0.15, 0.2) is 431 Å². The second-order valence-electron chi connectivity index (χ2n) is 33.1. The third-order valence-corrected chi connectivity index (χ3v) is 21.2. The zero-order valence-corrected chi connectivity index (χ0v) is 93.2. The predicted octanol–water partition coefficient (Wildman–Crippen LogP) is 32.3. The molecule has 750 valence electrons. The van der Waals surface area contributed by atoms with Crippen molar-refractivity contribution < 1.29 is 117 Å². The summed E-state index contributed by atoms with van der Waals surface area (Å²) >= 11 is 0. The van der Waals surface area contributed by atoms with Crippen molar-refractivity contribution in [2.75, 3.05) is 0 Å². The van der Waals surface area contributed by atoms with Crippen LogP contribution in [-0.4, -0.2) is 61.7 Å². The van der Waals surface area contributed by atoms with E-state index < -0.39 is 38.9 Å². The summed E-state index contributed by atoms with van der Waals surface area (Å²) in [6.07, 6.45) is 11.4. The molecule has 16 heteroatoms. The summed E-state index contributed by atoms with van der Waals surface area (Å²) in [6.45, 7) is 9.10. The second kappa shape index (κ2) is 65.1. The fraction of sp³-hybridized carbons (Fsp3) is 0.136. The van der Waals surface area contributed by atoms with E-state index in [0.29, 0.717) is 12.0 Å². The Morgan fingerprint density at radius 2 is 0.716 bits per heavy atom. The Labute approximate surface area is 946 Å². The Morgan fingerprint density at radius 3 is 1.09 bits per heavy atom.